The largest absolute Gasteiger partial charge is 0.496 e. The van der Waals surface area contributed by atoms with Gasteiger partial charge in [0.05, 0.1) is 40.9 Å². The first-order chi connectivity index (χ1) is 17.2. The third-order valence-electron chi connectivity index (χ3n) is 6.55. The summed E-state index contributed by atoms with van der Waals surface area (Å²) in [4.78, 5) is 24.6. The predicted octanol–water partition coefficient (Wildman–Crippen LogP) is 5.98. The van der Waals surface area contributed by atoms with Gasteiger partial charge in [0.1, 0.15) is 29.3 Å². The number of aromatic amines is 1. The Morgan fingerprint density at radius 1 is 1.11 bits per heavy atom. The molecule has 3 aromatic heterocycles. The number of carbonyl (C=O) groups excluding carboxylic acids is 1. The lowest BCUT2D eigenvalue weighted by Crippen LogP contribution is -2.14. The van der Waals surface area contributed by atoms with Gasteiger partial charge >= 0.3 is 0 Å². The Kier molecular flexibility index (Phi) is 5.36. The summed E-state index contributed by atoms with van der Waals surface area (Å²) in [6, 6.07) is 11.8. The van der Waals surface area contributed by atoms with E-state index in [4.69, 9.17) is 14.2 Å². The Bertz CT molecular complexity index is 1700. The Morgan fingerprint density at radius 3 is 2.53 bits per heavy atom. The third-order valence-corrected chi connectivity index (χ3v) is 6.55. The second-order valence-corrected chi connectivity index (χ2v) is 9.46. The fraction of sp³-hybridized carbons (Fsp3) is 0.250. The number of aryl methyl sites for hydroxylation is 3. The van der Waals surface area contributed by atoms with E-state index in [1.807, 2.05) is 52.8 Å². The number of nitrogens with one attached hydrogen (secondary N) is 1. The van der Waals surface area contributed by atoms with E-state index in [0.717, 1.165) is 50.5 Å². The van der Waals surface area contributed by atoms with Gasteiger partial charge in [-0.1, -0.05) is 5.16 Å². The molecule has 0 radical (unpaired) electrons. The average Bonchev–Trinajstić information content (AvgIpc) is 3.39. The number of ether oxygens (including phenoxy) is 1. The second-order valence-electron chi connectivity index (χ2n) is 9.46. The number of aldehydes is 1. The van der Waals surface area contributed by atoms with Crippen molar-refractivity contribution in [1.29, 1.82) is 5.26 Å². The molecule has 8 nitrogen and oxygen atoms in total. The van der Waals surface area contributed by atoms with E-state index in [1.165, 1.54) is 0 Å². The smallest absolute Gasteiger partial charge is 0.150 e. The van der Waals surface area contributed by atoms with Crippen molar-refractivity contribution in [3.05, 3.63) is 58.7 Å². The first kappa shape index (κ1) is 23.2. The van der Waals surface area contributed by atoms with Crippen molar-refractivity contribution in [3.8, 4) is 34.2 Å². The summed E-state index contributed by atoms with van der Waals surface area (Å²) in [5.74, 6) is 1.95. The molecular formula is C28H25N5O3. The number of nitriles is 1. The first-order valence-corrected chi connectivity index (χ1v) is 11.5. The molecule has 36 heavy (non-hydrogen) atoms. The van der Waals surface area contributed by atoms with Crippen molar-refractivity contribution in [3.63, 3.8) is 0 Å². The maximum Gasteiger partial charge on any atom is 0.150 e. The van der Waals surface area contributed by atoms with Crippen LogP contribution in [0.1, 0.15) is 47.0 Å². The molecule has 1 N–H and O–H groups in total. The maximum absolute atomic E-state index is 11.8. The van der Waals surface area contributed by atoms with Crippen LogP contribution in [0.15, 0.2) is 34.9 Å². The van der Waals surface area contributed by atoms with E-state index >= 15 is 0 Å². The van der Waals surface area contributed by atoms with Crippen LogP contribution in [0.4, 0.5) is 0 Å². The lowest BCUT2D eigenvalue weighted by atomic mass is 9.84. The summed E-state index contributed by atoms with van der Waals surface area (Å²) in [6.45, 7) is 9.25. The molecule has 5 rings (SSSR count). The molecule has 0 aliphatic carbocycles. The number of hydrogen-bond donors (Lipinski definition) is 1. The summed E-state index contributed by atoms with van der Waals surface area (Å²) < 4.78 is 11.2. The minimum atomic E-state index is -0.776. The molecule has 0 unspecified atom stereocenters. The molecule has 3 heterocycles. The van der Waals surface area contributed by atoms with Gasteiger partial charge in [0.15, 0.2) is 0 Å². The maximum atomic E-state index is 11.8. The molecule has 0 aliphatic heterocycles. The SMILES string of the molecule is COc1cc2c(cc1-c1c(C)noc1C)[nH]c1nc(C)nc(-c3cc(C=O)cc(C(C)(C)C#N)c3)c12. The normalized spacial score (nSPS) is 11.7. The van der Waals surface area contributed by atoms with Crippen LogP contribution in [0.2, 0.25) is 0 Å². The van der Waals surface area contributed by atoms with Crippen LogP contribution in [0.25, 0.3) is 44.3 Å². The first-order valence-electron chi connectivity index (χ1n) is 11.5. The minimum absolute atomic E-state index is 0.480. The van der Waals surface area contributed by atoms with E-state index < -0.39 is 5.41 Å². The van der Waals surface area contributed by atoms with E-state index in [-0.39, 0.29) is 0 Å². The Balaban J connectivity index is 1.85. The number of nitrogens with zero attached hydrogens (tertiary/aromatic N) is 4. The molecular weight excluding hydrogens is 454 g/mol. The Hall–Kier alpha value is -4.51. The molecule has 0 saturated carbocycles. The van der Waals surface area contributed by atoms with Crippen molar-refractivity contribution in [1.82, 2.24) is 20.1 Å². The molecule has 5 aromatic rings. The number of benzene rings is 2. The fourth-order valence-corrected chi connectivity index (χ4v) is 4.66. The molecule has 0 fully saturated rings. The number of carbonyl (C=O) groups is 1. The molecule has 0 bridgehead atoms. The van der Waals surface area contributed by atoms with Crippen molar-refractivity contribution in [2.24, 2.45) is 0 Å². The van der Waals surface area contributed by atoms with Gasteiger partial charge in [-0.25, -0.2) is 9.97 Å². The van der Waals surface area contributed by atoms with Gasteiger partial charge in [0.25, 0.3) is 0 Å². The van der Waals surface area contributed by atoms with Crippen LogP contribution in [0.3, 0.4) is 0 Å². The predicted molar refractivity (Wildman–Crippen MR) is 137 cm³/mol. The van der Waals surface area contributed by atoms with Crippen molar-refractivity contribution in [2.75, 3.05) is 7.11 Å². The van der Waals surface area contributed by atoms with E-state index in [9.17, 15) is 10.1 Å². The van der Waals surface area contributed by atoms with Crippen LogP contribution < -0.4 is 4.74 Å². The zero-order valence-electron chi connectivity index (χ0n) is 21.0. The summed E-state index contributed by atoms with van der Waals surface area (Å²) in [7, 11) is 1.63. The fourth-order valence-electron chi connectivity index (χ4n) is 4.66. The quantitative estimate of drug-likeness (QED) is 0.308. The second kappa shape index (κ2) is 8.31. The Morgan fingerprint density at radius 2 is 1.89 bits per heavy atom. The summed E-state index contributed by atoms with van der Waals surface area (Å²) in [5, 5.41) is 15.5. The van der Waals surface area contributed by atoms with Gasteiger partial charge < -0.3 is 14.2 Å². The van der Waals surface area contributed by atoms with E-state index in [1.54, 1.807) is 19.2 Å². The van der Waals surface area contributed by atoms with Crippen LogP contribution >= 0.6 is 0 Å². The van der Waals surface area contributed by atoms with Gasteiger partial charge in [-0.15, -0.1) is 0 Å². The van der Waals surface area contributed by atoms with E-state index in [2.05, 4.69) is 21.2 Å². The van der Waals surface area contributed by atoms with Crippen molar-refractivity contribution >= 4 is 28.2 Å². The monoisotopic (exact) mass is 479 g/mol. The highest BCUT2D eigenvalue weighted by molar-refractivity contribution is 6.13. The molecule has 8 heteroatoms. The number of fused-ring (bicyclic) bond motifs is 3. The highest BCUT2D eigenvalue weighted by Crippen LogP contribution is 2.41. The highest BCUT2D eigenvalue weighted by atomic mass is 16.5. The Labute approximate surface area is 207 Å². The van der Waals surface area contributed by atoms with Crippen LogP contribution in [-0.4, -0.2) is 33.5 Å². The topological polar surface area (TPSA) is 118 Å². The van der Waals surface area contributed by atoms with Gasteiger partial charge in [-0.2, -0.15) is 5.26 Å². The lowest BCUT2D eigenvalue weighted by molar-refractivity contribution is 0.112. The highest BCUT2D eigenvalue weighted by Gasteiger charge is 2.24. The van der Waals surface area contributed by atoms with Crippen molar-refractivity contribution < 1.29 is 14.1 Å². The standard InChI is InChI=1S/C28H25N5O3/c1-14-24(15(2)36-33-14)21-10-22-20(11-23(21)35-6)25-26(30-16(3)31-27(25)32-22)18-7-17(12-34)8-19(9-18)28(4,5)13-29/h7-12H,1-6H3,(H,30,31,32). The summed E-state index contributed by atoms with van der Waals surface area (Å²) in [6.07, 6.45) is 0.792. The third kappa shape index (κ3) is 3.60. The van der Waals surface area contributed by atoms with Crippen LogP contribution in [0, 0.1) is 32.1 Å². The number of rotatable bonds is 5. The van der Waals surface area contributed by atoms with Gasteiger partial charge in [0, 0.05) is 27.6 Å². The minimum Gasteiger partial charge on any atom is -0.496 e. The molecule has 0 saturated heterocycles. The zero-order valence-corrected chi connectivity index (χ0v) is 21.0. The van der Waals surface area contributed by atoms with E-state index in [0.29, 0.717) is 34.2 Å². The number of aromatic nitrogens is 4. The van der Waals surface area contributed by atoms with Crippen LogP contribution in [0.5, 0.6) is 5.75 Å². The molecule has 180 valence electrons. The van der Waals surface area contributed by atoms with Gasteiger partial charge in [-0.05, 0) is 70.5 Å². The average molecular weight is 480 g/mol. The molecule has 0 aliphatic rings. The summed E-state index contributed by atoms with van der Waals surface area (Å²) >= 11 is 0. The number of hydrogen-bond acceptors (Lipinski definition) is 7. The van der Waals surface area contributed by atoms with Crippen molar-refractivity contribution in [2.45, 2.75) is 40.0 Å². The van der Waals surface area contributed by atoms with Gasteiger partial charge in [0.2, 0.25) is 0 Å². The lowest BCUT2D eigenvalue weighted by Gasteiger charge is -2.18. The number of H-pyrrole nitrogens is 1. The molecule has 0 spiro atoms. The molecule has 0 atom stereocenters. The zero-order chi connectivity index (χ0) is 25.8. The van der Waals surface area contributed by atoms with Gasteiger partial charge in [-0.3, -0.25) is 4.79 Å². The molecule has 2 aromatic carbocycles. The van der Waals surface area contributed by atoms with Crippen LogP contribution in [-0.2, 0) is 5.41 Å². The molecule has 0 amide bonds. The summed E-state index contributed by atoms with van der Waals surface area (Å²) in [5.41, 5.74) is 5.90. The number of methoxy groups -OCH3 is 1.